The van der Waals surface area contributed by atoms with Crippen molar-refractivity contribution < 1.29 is 18.9 Å². The van der Waals surface area contributed by atoms with Gasteiger partial charge >= 0.3 is 0 Å². The van der Waals surface area contributed by atoms with Crippen molar-refractivity contribution in [3.05, 3.63) is 24.3 Å². The monoisotopic (exact) mass is 241 g/mol. The molecule has 0 spiro atoms. The lowest BCUT2D eigenvalue weighted by Gasteiger charge is -2.07. The number of nitrogens with two attached hydrogens (primary N) is 1. The molecule has 5 nitrogen and oxygen atoms in total. The fraction of sp³-hybridized carbons (Fsp3) is 0.500. The third-order valence-corrected chi connectivity index (χ3v) is 1.97. The van der Waals surface area contributed by atoms with Crippen molar-refractivity contribution in [3.8, 4) is 5.75 Å². The van der Waals surface area contributed by atoms with Crippen molar-refractivity contribution in [3.63, 3.8) is 0 Å². The fourth-order valence-electron chi connectivity index (χ4n) is 1.10. The van der Waals surface area contributed by atoms with Crippen LogP contribution in [0.3, 0.4) is 0 Å². The zero-order valence-corrected chi connectivity index (χ0v) is 10.1. The highest BCUT2D eigenvalue weighted by molar-refractivity contribution is 5.41. The number of anilines is 1. The van der Waals surface area contributed by atoms with E-state index in [1.54, 1.807) is 19.2 Å². The molecule has 0 atom stereocenters. The van der Waals surface area contributed by atoms with Gasteiger partial charge in [-0.3, -0.25) is 0 Å². The van der Waals surface area contributed by atoms with Crippen LogP contribution in [0.2, 0.25) is 0 Å². The summed E-state index contributed by atoms with van der Waals surface area (Å²) >= 11 is 0. The van der Waals surface area contributed by atoms with Gasteiger partial charge in [-0.15, -0.1) is 0 Å². The quantitative estimate of drug-likeness (QED) is 0.401. The fourth-order valence-corrected chi connectivity index (χ4v) is 1.10. The molecule has 0 aliphatic carbocycles. The van der Waals surface area contributed by atoms with Crippen molar-refractivity contribution in [2.75, 3.05) is 46.1 Å². The highest BCUT2D eigenvalue weighted by Gasteiger charge is 1.93. The Morgan fingerprint density at radius 1 is 0.941 bits per heavy atom. The minimum absolute atomic E-state index is 0.258. The third kappa shape index (κ3) is 6.78. The van der Waals surface area contributed by atoms with Crippen LogP contribution in [-0.4, -0.2) is 40.3 Å². The molecule has 0 heterocycles. The van der Waals surface area contributed by atoms with Crippen LogP contribution in [0.15, 0.2) is 24.3 Å². The van der Waals surface area contributed by atoms with E-state index < -0.39 is 0 Å². The van der Waals surface area contributed by atoms with Crippen LogP contribution < -0.4 is 10.5 Å². The molecule has 0 saturated heterocycles. The van der Waals surface area contributed by atoms with Gasteiger partial charge < -0.3 is 24.7 Å². The smallest absolute Gasteiger partial charge is 0.146 e. The van der Waals surface area contributed by atoms with Gasteiger partial charge in [-0.25, -0.2) is 0 Å². The van der Waals surface area contributed by atoms with Crippen LogP contribution in [0.5, 0.6) is 5.75 Å². The molecule has 0 aliphatic rings. The number of nitrogen functional groups attached to an aromatic ring is 1. The molecule has 0 radical (unpaired) electrons. The van der Waals surface area contributed by atoms with E-state index in [0.29, 0.717) is 26.4 Å². The highest BCUT2D eigenvalue weighted by Crippen LogP contribution is 2.12. The van der Waals surface area contributed by atoms with Crippen molar-refractivity contribution in [2.45, 2.75) is 0 Å². The zero-order valence-electron chi connectivity index (χ0n) is 10.1. The number of methoxy groups -OCH3 is 1. The van der Waals surface area contributed by atoms with Gasteiger partial charge in [0.1, 0.15) is 19.1 Å². The van der Waals surface area contributed by atoms with Gasteiger partial charge in [0.05, 0.1) is 19.8 Å². The summed E-state index contributed by atoms with van der Waals surface area (Å²) in [7, 11) is 1.63. The van der Waals surface area contributed by atoms with Gasteiger partial charge in [-0.05, 0) is 24.3 Å². The number of hydrogen-bond donors (Lipinski definition) is 1. The molecule has 0 bridgehead atoms. The Hall–Kier alpha value is -1.30. The van der Waals surface area contributed by atoms with Crippen LogP contribution in [-0.2, 0) is 14.2 Å². The maximum atomic E-state index is 5.55. The van der Waals surface area contributed by atoms with Crippen LogP contribution in [0.4, 0.5) is 5.69 Å². The predicted octanol–water partition coefficient (Wildman–Crippen LogP) is 1.28. The third-order valence-electron chi connectivity index (χ3n) is 1.97. The van der Waals surface area contributed by atoms with E-state index in [1.807, 2.05) is 12.1 Å². The molecule has 0 fully saturated rings. The standard InChI is InChI=1S/C12H19NO4/c1-14-6-7-15-10-16-8-9-17-12-4-2-11(13)3-5-12/h2-5H,6-10,13H2,1H3. The first kappa shape index (κ1) is 13.8. The molecular formula is C12H19NO4. The van der Waals surface area contributed by atoms with E-state index in [4.69, 9.17) is 24.7 Å². The van der Waals surface area contributed by atoms with E-state index >= 15 is 0 Å². The van der Waals surface area contributed by atoms with E-state index in [1.165, 1.54) is 0 Å². The second-order valence-corrected chi connectivity index (χ2v) is 3.34. The first-order valence-corrected chi connectivity index (χ1v) is 5.45. The van der Waals surface area contributed by atoms with E-state index in [2.05, 4.69) is 0 Å². The summed E-state index contributed by atoms with van der Waals surface area (Å²) in [5.74, 6) is 0.781. The van der Waals surface area contributed by atoms with Gasteiger partial charge in [0.15, 0.2) is 0 Å². The molecule has 0 aromatic heterocycles. The maximum Gasteiger partial charge on any atom is 0.146 e. The molecule has 96 valence electrons. The minimum atomic E-state index is 0.258. The van der Waals surface area contributed by atoms with Gasteiger partial charge in [0.2, 0.25) is 0 Å². The normalized spacial score (nSPS) is 10.4. The Balaban J connectivity index is 1.95. The Morgan fingerprint density at radius 2 is 1.59 bits per heavy atom. The molecule has 1 aromatic rings. The number of benzene rings is 1. The molecular weight excluding hydrogens is 222 g/mol. The largest absolute Gasteiger partial charge is 0.491 e. The molecule has 0 saturated carbocycles. The number of ether oxygens (including phenoxy) is 4. The molecule has 0 aliphatic heterocycles. The van der Waals surface area contributed by atoms with Gasteiger partial charge in [0, 0.05) is 12.8 Å². The SMILES string of the molecule is COCCOCOCCOc1ccc(N)cc1. The van der Waals surface area contributed by atoms with Crippen LogP contribution in [0.1, 0.15) is 0 Å². The molecule has 1 aromatic carbocycles. The maximum absolute atomic E-state index is 5.55. The second-order valence-electron chi connectivity index (χ2n) is 3.34. The van der Waals surface area contributed by atoms with E-state index in [-0.39, 0.29) is 6.79 Å². The minimum Gasteiger partial charge on any atom is -0.491 e. The number of rotatable bonds is 9. The molecule has 2 N–H and O–H groups in total. The number of hydrogen-bond acceptors (Lipinski definition) is 5. The summed E-state index contributed by atoms with van der Waals surface area (Å²) in [6, 6.07) is 7.24. The second kappa shape index (κ2) is 8.81. The Morgan fingerprint density at radius 3 is 2.24 bits per heavy atom. The summed E-state index contributed by atoms with van der Waals surface area (Å²) in [5.41, 5.74) is 6.28. The molecule has 5 heteroatoms. The molecule has 0 unspecified atom stereocenters. The van der Waals surface area contributed by atoms with E-state index in [0.717, 1.165) is 11.4 Å². The van der Waals surface area contributed by atoms with Crippen molar-refractivity contribution in [2.24, 2.45) is 0 Å². The zero-order chi connectivity index (χ0) is 12.3. The Labute approximate surface area is 101 Å². The lowest BCUT2D eigenvalue weighted by Crippen LogP contribution is -2.11. The first-order chi connectivity index (χ1) is 8.33. The average molecular weight is 241 g/mol. The topological polar surface area (TPSA) is 62.9 Å². The predicted molar refractivity (Wildman–Crippen MR) is 65.0 cm³/mol. The van der Waals surface area contributed by atoms with Crippen molar-refractivity contribution >= 4 is 5.69 Å². The lowest BCUT2D eigenvalue weighted by molar-refractivity contribution is -0.0710. The average Bonchev–Trinajstić information content (AvgIpc) is 2.35. The summed E-state index contributed by atoms with van der Waals surface area (Å²) in [6.07, 6.45) is 0. The molecule has 17 heavy (non-hydrogen) atoms. The Kier molecular flexibility index (Phi) is 7.13. The van der Waals surface area contributed by atoms with Gasteiger partial charge in [-0.1, -0.05) is 0 Å². The van der Waals surface area contributed by atoms with Crippen LogP contribution >= 0.6 is 0 Å². The van der Waals surface area contributed by atoms with Crippen LogP contribution in [0.25, 0.3) is 0 Å². The molecule has 0 amide bonds. The van der Waals surface area contributed by atoms with Gasteiger partial charge in [-0.2, -0.15) is 0 Å². The summed E-state index contributed by atoms with van der Waals surface area (Å²) < 4.78 is 20.6. The van der Waals surface area contributed by atoms with Gasteiger partial charge in [0.25, 0.3) is 0 Å². The summed E-state index contributed by atoms with van der Waals surface area (Å²) in [5, 5.41) is 0. The Bertz CT molecular complexity index is 289. The van der Waals surface area contributed by atoms with Crippen molar-refractivity contribution in [1.82, 2.24) is 0 Å². The molecule has 1 rings (SSSR count). The van der Waals surface area contributed by atoms with Crippen molar-refractivity contribution in [1.29, 1.82) is 0 Å². The first-order valence-electron chi connectivity index (χ1n) is 5.45. The van der Waals surface area contributed by atoms with E-state index in [9.17, 15) is 0 Å². The lowest BCUT2D eigenvalue weighted by atomic mass is 10.3. The van der Waals surface area contributed by atoms with Crippen LogP contribution in [0, 0.1) is 0 Å². The summed E-state index contributed by atoms with van der Waals surface area (Å²) in [6.45, 7) is 2.34. The highest BCUT2D eigenvalue weighted by atomic mass is 16.7. The summed E-state index contributed by atoms with van der Waals surface area (Å²) in [4.78, 5) is 0.